The highest BCUT2D eigenvalue weighted by Gasteiger charge is 2.38. The molecule has 0 saturated carbocycles. The summed E-state index contributed by atoms with van der Waals surface area (Å²) in [5, 5.41) is 0.994. The second kappa shape index (κ2) is 13.3. The Morgan fingerprint density at radius 2 is 1.80 bits per heavy atom. The summed E-state index contributed by atoms with van der Waals surface area (Å²) in [6.45, 7) is 13.5. The molecule has 45 heavy (non-hydrogen) atoms. The second-order valence-electron chi connectivity index (χ2n) is 11.6. The van der Waals surface area contributed by atoms with Gasteiger partial charge in [-0.3, -0.25) is 14.8 Å². The van der Waals surface area contributed by atoms with Crippen molar-refractivity contribution in [1.29, 1.82) is 0 Å². The minimum Gasteiger partial charge on any atom is -0.368 e. The molecule has 6 nitrogen and oxygen atoms in total. The standard InChI is InChI=1S/C36H40F3N5O/c1-6-15-42-16-18-43(19-17-42)33-14-13-30(22-31(33)36(37,38)39)44-34(27(8-3)24-41(5)35(44)45)25(4)20-26(7-2)29-21-28-11-9-10-12-32(28)40-23-29/h7-14,20-23H,3,6,15-19,24H2,1-2,4-5H3/b25-20+,26-7+. The third-order valence-electron chi connectivity index (χ3n) is 8.48. The first-order valence-corrected chi connectivity index (χ1v) is 15.3. The van der Waals surface area contributed by atoms with Crippen LogP contribution in [0.3, 0.4) is 0 Å². The fourth-order valence-corrected chi connectivity index (χ4v) is 6.20. The first-order valence-electron chi connectivity index (χ1n) is 15.3. The zero-order chi connectivity index (χ0) is 32.3. The Morgan fingerprint density at radius 1 is 1.07 bits per heavy atom. The van der Waals surface area contributed by atoms with Gasteiger partial charge in [0.2, 0.25) is 0 Å². The lowest BCUT2D eigenvalue weighted by molar-refractivity contribution is -0.137. The van der Waals surface area contributed by atoms with E-state index in [4.69, 9.17) is 0 Å². The zero-order valence-electron chi connectivity index (χ0n) is 26.4. The smallest absolute Gasteiger partial charge is 0.368 e. The van der Waals surface area contributed by atoms with E-state index in [0.717, 1.165) is 52.2 Å². The van der Waals surface area contributed by atoms with Gasteiger partial charge in [-0.2, -0.15) is 13.2 Å². The van der Waals surface area contributed by atoms with Crippen LogP contribution in [0.5, 0.6) is 0 Å². The maximum atomic E-state index is 14.6. The lowest BCUT2D eigenvalue weighted by atomic mass is 9.97. The van der Waals surface area contributed by atoms with Crippen LogP contribution >= 0.6 is 0 Å². The summed E-state index contributed by atoms with van der Waals surface area (Å²) in [6, 6.07) is 13.7. The molecule has 0 radical (unpaired) electrons. The SMILES string of the molecule is C=CC1=C(/C(C)=C/C(=C\C)c2cnc3ccccc3c2)N(c2ccc(N3CCN(CCC)CC3)c(C(F)(F)F)c2)C(=O)N(C)C1. The molecule has 5 rings (SSSR count). The minimum absolute atomic E-state index is 0.141. The molecule has 0 bridgehead atoms. The van der Waals surface area contributed by atoms with Crippen molar-refractivity contribution in [1.82, 2.24) is 14.8 Å². The van der Waals surface area contributed by atoms with E-state index in [2.05, 4.69) is 29.5 Å². The van der Waals surface area contributed by atoms with Crippen LogP contribution in [-0.2, 0) is 6.18 Å². The van der Waals surface area contributed by atoms with Crippen LogP contribution in [0, 0.1) is 0 Å². The van der Waals surface area contributed by atoms with Crippen LogP contribution in [0.15, 0.2) is 96.4 Å². The van der Waals surface area contributed by atoms with E-state index in [1.165, 1.54) is 15.9 Å². The van der Waals surface area contributed by atoms with Gasteiger partial charge in [0, 0.05) is 62.6 Å². The topological polar surface area (TPSA) is 42.9 Å². The summed E-state index contributed by atoms with van der Waals surface area (Å²) >= 11 is 0. The number of alkyl halides is 3. The number of hydrogen-bond donors (Lipinski definition) is 0. The third-order valence-corrected chi connectivity index (χ3v) is 8.48. The van der Waals surface area contributed by atoms with Crippen LogP contribution in [0.4, 0.5) is 29.3 Å². The Labute approximate surface area is 263 Å². The Kier molecular flexibility index (Phi) is 9.48. The number of likely N-dealkylation sites (N-methyl/N-ethyl adjacent to an activating group) is 1. The summed E-state index contributed by atoms with van der Waals surface area (Å²) in [7, 11) is 1.64. The van der Waals surface area contributed by atoms with Crippen molar-refractivity contribution in [3.8, 4) is 0 Å². The van der Waals surface area contributed by atoms with Gasteiger partial charge in [0.1, 0.15) is 0 Å². The average Bonchev–Trinajstić information content (AvgIpc) is 3.04. The van der Waals surface area contributed by atoms with Crippen molar-refractivity contribution < 1.29 is 18.0 Å². The summed E-state index contributed by atoms with van der Waals surface area (Å²) in [6.07, 6.45) is 3.79. The fraction of sp³-hybridized carbons (Fsp3) is 0.333. The maximum absolute atomic E-state index is 14.6. The molecule has 3 heterocycles. The number of anilines is 2. The summed E-state index contributed by atoms with van der Waals surface area (Å²) in [5.74, 6) is 0. The molecule has 0 aliphatic carbocycles. The normalized spacial score (nSPS) is 17.5. The number of piperazine rings is 1. The Balaban J connectivity index is 1.56. The molecule has 0 atom stereocenters. The molecular formula is C36H40F3N5O. The van der Waals surface area contributed by atoms with E-state index in [0.29, 0.717) is 31.9 Å². The fourth-order valence-electron chi connectivity index (χ4n) is 6.20. The molecule has 2 aliphatic rings. The van der Waals surface area contributed by atoms with Gasteiger partial charge in [-0.15, -0.1) is 0 Å². The molecule has 1 saturated heterocycles. The van der Waals surface area contributed by atoms with Gasteiger partial charge < -0.3 is 9.80 Å². The number of halogens is 3. The van der Waals surface area contributed by atoms with Gasteiger partial charge >= 0.3 is 12.2 Å². The lowest BCUT2D eigenvalue weighted by Crippen LogP contribution is -2.47. The number of pyridine rings is 1. The number of carbonyl (C=O) groups excluding carboxylic acids is 1. The van der Waals surface area contributed by atoms with Crippen molar-refractivity contribution in [2.45, 2.75) is 33.4 Å². The van der Waals surface area contributed by atoms with Gasteiger partial charge in [0.15, 0.2) is 0 Å². The molecule has 0 N–H and O–H groups in total. The van der Waals surface area contributed by atoms with Crippen LogP contribution in [0.1, 0.15) is 38.3 Å². The van der Waals surface area contributed by atoms with Gasteiger partial charge in [0.05, 0.1) is 22.5 Å². The molecular weight excluding hydrogens is 575 g/mol. The highest BCUT2D eigenvalue weighted by atomic mass is 19.4. The highest BCUT2D eigenvalue weighted by Crippen LogP contribution is 2.42. The van der Waals surface area contributed by atoms with Crippen molar-refractivity contribution in [3.63, 3.8) is 0 Å². The van der Waals surface area contributed by atoms with Crippen LogP contribution in [0.2, 0.25) is 0 Å². The molecule has 9 heteroatoms. The van der Waals surface area contributed by atoms with Crippen LogP contribution < -0.4 is 9.80 Å². The van der Waals surface area contributed by atoms with Crippen molar-refractivity contribution in [2.24, 2.45) is 0 Å². The number of para-hydroxylation sites is 1. The lowest BCUT2D eigenvalue weighted by Gasteiger charge is -2.39. The first-order chi connectivity index (χ1) is 21.5. The van der Waals surface area contributed by atoms with Gasteiger partial charge in [-0.25, -0.2) is 4.79 Å². The summed E-state index contributed by atoms with van der Waals surface area (Å²) < 4.78 is 43.9. The number of urea groups is 1. The average molecular weight is 616 g/mol. The van der Waals surface area contributed by atoms with E-state index in [1.54, 1.807) is 30.3 Å². The molecule has 0 spiro atoms. The van der Waals surface area contributed by atoms with E-state index < -0.39 is 17.8 Å². The molecule has 236 valence electrons. The number of rotatable bonds is 8. The summed E-state index contributed by atoms with van der Waals surface area (Å²) in [4.78, 5) is 25.3. The van der Waals surface area contributed by atoms with E-state index in [-0.39, 0.29) is 17.9 Å². The van der Waals surface area contributed by atoms with Crippen LogP contribution in [-0.4, -0.2) is 67.1 Å². The van der Waals surface area contributed by atoms with E-state index >= 15 is 0 Å². The predicted molar refractivity (Wildman–Crippen MR) is 177 cm³/mol. The van der Waals surface area contributed by atoms with Gasteiger partial charge in [-0.1, -0.05) is 43.9 Å². The number of hydrogen-bond acceptors (Lipinski definition) is 4. The third kappa shape index (κ3) is 6.68. The number of benzene rings is 2. The van der Waals surface area contributed by atoms with Crippen molar-refractivity contribution >= 4 is 33.9 Å². The van der Waals surface area contributed by atoms with Crippen molar-refractivity contribution in [2.75, 3.05) is 56.1 Å². The molecule has 0 unspecified atom stereocenters. The Morgan fingerprint density at radius 3 is 2.47 bits per heavy atom. The maximum Gasteiger partial charge on any atom is 0.418 e. The minimum atomic E-state index is -4.60. The number of fused-ring (bicyclic) bond motifs is 1. The van der Waals surface area contributed by atoms with Crippen molar-refractivity contribution in [3.05, 3.63) is 108 Å². The van der Waals surface area contributed by atoms with Crippen LogP contribution in [0.25, 0.3) is 16.5 Å². The summed E-state index contributed by atoms with van der Waals surface area (Å²) in [5.41, 5.74) is 4.18. The molecule has 1 aromatic heterocycles. The Bertz CT molecular complexity index is 1680. The monoisotopic (exact) mass is 615 g/mol. The predicted octanol–water partition coefficient (Wildman–Crippen LogP) is 8.15. The molecule has 2 amide bonds. The van der Waals surface area contributed by atoms with E-state index in [9.17, 15) is 18.0 Å². The quantitative estimate of drug-likeness (QED) is 0.240. The Hall–Kier alpha value is -4.37. The molecule has 3 aromatic rings. The zero-order valence-corrected chi connectivity index (χ0v) is 26.4. The van der Waals surface area contributed by atoms with E-state index in [1.807, 2.05) is 50.3 Å². The van der Waals surface area contributed by atoms with Gasteiger partial charge in [0.25, 0.3) is 0 Å². The number of allylic oxidation sites excluding steroid dienone is 4. The highest BCUT2D eigenvalue weighted by molar-refractivity contribution is 5.99. The number of nitrogens with zero attached hydrogens (tertiary/aromatic N) is 5. The second-order valence-corrected chi connectivity index (χ2v) is 11.6. The number of aromatic nitrogens is 1. The molecule has 2 aromatic carbocycles. The first kappa shape index (κ1) is 32.0. The largest absolute Gasteiger partial charge is 0.418 e. The molecule has 2 aliphatic heterocycles. The molecule has 1 fully saturated rings. The number of amides is 2. The number of carbonyl (C=O) groups is 1. The van der Waals surface area contributed by atoms with Gasteiger partial charge in [-0.05, 0) is 79.9 Å².